The van der Waals surface area contributed by atoms with E-state index in [0.29, 0.717) is 12.8 Å². The molecule has 1 aliphatic carbocycles. The van der Waals surface area contributed by atoms with Gasteiger partial charge in [0.05, 0.1) is 33.6 Å². The van der Waals surface area contributed by atoms with Crippen molar-refractivity contribution < 1.29 is 9.90 Å². The fourth-order valence-electron chi connectivity index (χ4n) is 3.47. The van der Waals surface area contributed by atoms with E-state index in [9.17, 15) is 9.90 Å². The number of carbonyl (C=O) groups excluding carboxylic acids is 1. The Kier molecular flexibility index (Phi) is 4.74. The van der Waals surface area contributed by atoms with Crippen molar-refractivity contribution in [2.45, 2.75) is 37.8 Å². The Morgan fingerprint density at radius 2 is 2.23 bits per heavy atom. The van der Waals surface area contributed by atoms with Gasteiger partial charge in [-0.3, -0.25) is 9.48 Å². The third-order valence-electron chi connectivity index (χ3n) is 4.93. The van der Waals surface area contributed by atoms with Crippen molar-refractivity contribution in [3.8, 4) is 0 Å². The Morgan fingerprint density at radius 1 is 1.42 bits per heavy atom. The molecule has 2 N–H and O–H groups in total. The summed E-state index contributed by atoms with van der Waals surface area (Å²) in [6, 6.07) is 7.94. The maximum atomic E-state index is 12.5. The molecule has 1 atom stereocenters. The van der Waals surface area contributed by atoms with Crippen LogP contribution >= 0.6 is 11.3 Å². The minimum Gasteiger partial charge on any atom is -0.393 e. The summed E-state index contributed by atoms with van der Waals surface area (Å²) in [5.41, 5.74) is 1.99. The van der Waals surface area contributed by atoms with Gasteiger partial charge in [0, 0.05) is 31.6 Å². The summed E-state index contributed by atoms with van der Waals surface area (Å²) < 4.78 is 2.89. The number of carbonyl (C=O) groups is 1. The number of aliphatic hydroxyl groups is 1. The first-order chi connectivity index (χ1) is 12.6. The molecular weight excluding hydrogens is 348 g/mol. The minimum atomic E-state index is -0.251. The average molecular weight is 370 g/mol. The summed E-state index contributed by atoms with van der Waals surface area (Å²) in [4.78, 5) is 17.1. The molecule has 7 heteroatoms. The van der Waals surface area contributed by atoms with Crippen LogP contribution in [0.5, 0.6) is 0 Å². The molecule has 3 aromatic rings. The molecule has 1 aromatic carbocycles. The first-order valence-electron chi connectivity index (χ1n) is 8.89. The summed E-state index contributed by atoms with van der Waals surface area (Å²) >= 11 is 1.64. The van der Waals surface area contributed by atoms with Gasteiger partial charge < -0.3 is 10.4 Å². The minimum absolute atomic E-state index is 0.0134. The van der Waals surface area contributed by atoms with Crippen molar-refractivity contribution in [1.82, 2.24) is 20.1 Å². The molecular formula is C19H22N4O2S. The monoisotopic (exact) mass is 370 g/mol. The fraction of sp³-hybridized carbons (Fsp3) is 0.421. The molecule has 0 bridgehead atoms. The molecule has 0 saturated heterocycles. The normalized spacial score (nSPS) is 20.7. The average Bonchev–Trinajstić information content (AvgIpc) is 3.21. The highest BCUT2D eigenvalue weighted by molar-refractivity contribution is 7.18. The van der Waals surface area contributed by atoms with E-state index in [-0.39, 0.29) is 24.0 Å². The van der Waals surface area contributed by atoms with Crippen molar-refractivity contribution in [1.29, 1.82) is 0 Å². The number of nitrogens with one attached hydrogen (secondary N) is 1. The Morgan fingerprint density at radius 3 is 2.92 bits per heavy atom. The topological polar surface area (TPSA) is 80.0 Å². The lowest BCUT2D eigenvalue weighted by Gasteiger charge is -2.37. The first-order valence-corrected chi connectivity index (χ1v) is 9.70. The van der Waals surface area contributed by atoms with Crippen molar-refractivity contribution in [3.63, 3.8) is 0 Å². The SMILES string of the molecule is Cn1cc([C@H](NC(=O)CCc2nc3ccccc3s2)C2CC(O)C2)cn1. The summed E-state index contributed by atoms with van der Waals surface area (Å²) in [7, 11) is 1.87. The number of amides is 1. The van der Waals surface area contributed by atoms with Gasteiger partial charge in [-0.15, -0.1) is 11.3 Å². The standard InChI is InChI=1S/C19H22N4O2S/c1-23-11-13(10-20-23)19(12-8-14(24)9-12)22-17(25)6-7-18-21-15-4-2-3-5-16(15)26-18/h2-5,10-12,14,19,24H,6-9H2,1H3,(H,22,25)/t12?,14?,19-/m1/s1. The second-order valence-corrected chi connectivity index (χ2v) is 8.07. The zero-order valence-electron chi connectivity index (χ0n) is 14.6. The molecule has 4 rings (SSSR count). The van der Waals surface area contributed by atoms with E-state index in [4.69, 9.17) is 0 Å². The van der Waals surface area contributed by atoms with Gasteiger partial charge in [-0.05, 0) is 30.9 Å². The van der Waals surface area contributed by atoms with Gasteiger partial charge >= 0.3 is 0 Å². The molecule has 0 spiro atoms. The van der Waals surface area contributed by atoms with E-state index in [1.54, 1.807) is 22.2 Å². The van der Waals surface area contributed by atoms with Crippen molar-refractivity contribution in [3.05, 3.63) is 47.2 Å². The lowest BCUT2D eigenvalue weighted by Crippen LogP contribution is -2.41. The van der Waals surface area contributed by atoms with Crippen molar-refractivity contribution >= 4 is 27.5 Å². The molecule has 6 nitrogen and oxygen atoms in total. The van der Waals surface area contributed by atoms with Gasteiger partial charge in [-0.25, -0.2) is 4.98 Å². The highest BCUT2D eigenvalue weighted by Crippen LogP contribution is 2.38. The van der Waals surface area contributed by atoms with Crippen molar-refractivity contribution in [2.24, 2.45) is 13.0 Å². The lowest BCUT2D eigenvalue weighted by molar-refractivity contribution is -0.123. The van der Waals surface area contributed by atoms with Crippen LogP contribution < -0.4 is 5.32 Å². The van der Waals surface area contributed by atoms with Crippen LogP contribution in [0.4, 0.5) is 0 Å². The second kappa shape index (κ2) is 7.17. The van der Waals surface area contributed by atoms with Crippen LogP contribution in [0, 0.1) is 5.92 Å². The van der Waals surface area contributed by atoms with Gasteiger partial charge in [0.15, 0.2) is 0 Å². The predicted molar refractivity (Wildman–Crippen MR) is 101 cm³/mol. The summed E-state index contributed by atoms with van der Waals surface area (Å²) in [6.45, 7) is 0. The van der Waals surface area contributed by atoms with Crippen LogP contribution in [0.1, 0.15) is 35.9 Å². The molecule has 0 aliphatic heterocycles. The molecule has 1 aliphatic rings. The molecule has 0 unspecified atom stereocenters. The maximum Gasteiger partial charge on any atom is 0.220 e. The number of aliphatic hydroxyl groups excluding tert-OH is 1. The van der Waals surface area contributed by atoms with E-state index in [0.717, 1.165) is 33.6 Å². The molecule has 26 heavy (non-hydrogen) atoms. The summed E-state index contributed by atoms with van der Waals surface area (Å²) in [5, 5.41) is 18.0. The number of para-hydroxylation sites is 1. The second-order valence-electron chi connectivity index (χ2n) is 6.95. The molecule has 1 saturated carbocycles. The highest BCUT2D eigenvalue weighted by atomic mass is 32.1. The predicted octanol–water partition coefficient (Wildman–Crippen LogP) is 2.59. The summed E-state index contributed by atoms with van der Waals surface area (Å²) in [5.74, 6) is 0.278. The van der Waals surface area contributed by atoms with Crippen molar-refractivity contribution in [2.75, 3.05) is 0 Å². The molecule has 1 amide bonds. The molecule has 2 heterocycles. The Bertz CT molecular complexity index is 880. The lowest BCUT2D eigenvalue weighted by atomic mass is 9.75. The first kappa shape index (κ1) is 17.2. The molecule has 136 valence electrons. The Labute approximate surface area is 155 Å². The van der Waals surface area contributed by atoms with E-state index >= 15 is 0 Å². The van der Waals surface area contributed by atoms with Gasteiger partial charge in [0.2, 0.25) is 5.91 Å². The van der Waals surface area contributed by atoms with Crippen LogP contribution in [-0.2, 0) is 18.3 Å². The van der Waals surface area contributed by atoms with E-state index in [2.05, 4.69) is 21.5 Å². The van der Waals surface area contributed by atoms with Crippen LogP contribution in [0.3, 0.4) is 0 Å². The van der Waals surface area contributed by atoms with Crippen LogP contribution in [0.15, 0.2) is 36.7 Å². The molecule has 0 radical (unpaired) electrons. The maximum absolute atomic E-state index is 12.5. The number of rotatable bonds is 6. The smallest absolute Gasteiger partial charge is 0.220 e. The van der Waals surface area contributed by atoms with Crippen LogP contribution in [-0.4, -0.2) is 31.9 Å². The number of hydrogen-bond donors (Lipinski definition) is 2. The Balaban J connectivity index is 1.39. The zero-order chi connectivity index (χ0) is 18.1. The van der Waals surface area contributed by atoms with E-state index in [1.165, 1.54) is 0 Å². The number of benzene rings is 1. The van der Waals surface area contributed by atoms with Crippen LogP contribution in [0.2, 0.25) is 0 Å². The quantitative estimate of drug-likeness (QED) is 0.699. The number of hydrogen-bond acceptors (Lipinski definition) is 5. The third kappa shape index (κ3) is 3.64. The zero-order valence-corrected chi connectivity index (χ0v) is 15.4. The number of fused-ring (bicyclic) bond motifs is 1. The highest BCUT2D eigenvalue weighted by Gasteiger charge is 2.36. The number of nitrogens with zero attached hydrogens (tertiary/aromatic N) is 3. The summed E-state index contributed by atoms with van der Waals surface area (Å²) in [6.07, 6.45) is 5.96. The number of thiazole rings is 1. The van der Waals surface area contributed by atoms with E-state index < -0.39 is 0 Å². The van der Waals surface area contributed by atoms with Gasteiger partial charge in [0.25, 0.3) is 0 Å². The number of aryl methyl sites for hydroxylation is 2. The van der Waals surface area contributed by atoms with Gasteiger partial charge in [0.1, 0.15) is 0 Å². The van der Waals surface area contributed by atoms with Crippen LogP contribution in [0.25, 0.3) is 10.2 Å². The largest absolute Gasteiger partial charge is 0.393 e. The molecule has 2 aromatic heterocycles. The van der Waals surface area contributed by atoms with Gasteiger partial charge in [-0.1, -0.05) is 12.1 Å². The Hall–Kier alpha value is -2.25. The third-order valence-corrected chi connectivity index (χ3v) is 6.02. The molecule has 1 fully saturated rings. The fourth-order valence-corrected chi connectivity index (χ4v) is 4.44. The van der Waals surface area contributed by atoms with Gasteiger partial charge in [-0.2, -0.15) is 5.10 Å². The number of aromatic nitrogens is 3. The van der Waals surface area contributed by atoms with E-state index in [1.807, 2.05) is 31.4 Å².